The van der Waals surface area contributed by atoms with Gasteiger partial charge in [0.05, 0.1) is 13.0 Å². The fourth-order valence-corrected chi connectivity index (χ4v) is 2.20. The molecule has 6 heteroatoms. The lowest BCUT2D eigenvalue weighted by Gasteiger charge is -2.21. The highest BCUT2D eigenvalue weighted by molar-refractivity contribution is 7.80. The zero-order chi connectivity index (χ0) is 18.1. The summed E-state index contributed by atoms with van der Waals surface area (Å²) in [5.74, 6) is 0.602. The molecule has 0 bridgehead atoms. The quantitative estimate of drug-likeness (QED) is 0.615. The van der Waals surface area contributed by atoms with Crippen LogP contribution in [0.2, 0.25) is 0 Å². The zero-order valence-corrected chi connectivity index (χ0v) is 15.3. The third-order valence-electron chi connectivity index (χ3n) is 3.50. The Morgan fingerprint density at radius 1 is 1.12 bits per heavy atom. The minimum Gasteiger partial charge on any atom is -0.493 e. The third kappa shape index (κ3) is 6.81. The highest BCUT2D eigenvalue weighted by atomic mass is 32.1. The second kappa shape index (κ2) is 9.64. The van der Waals surface area contributed by atoms with Crippen molar-refractivity contribution in [3.05, 3.63) is 65.7 Å². The van der Waals surface area contributed by atoms with Gasteiger partial charge in [-0.2, -0.15) is 0 Å². The maximum atomic E-state index is 12.0. The van der Waals surface area contributed by atoms with Gasteiger partial charge in [-0.1, -0.05) is 48.0 Å². The van der Waals surface area contributed by atoms with Gasteiger partial charge in [0.2, 0.25) is 5.91 Å². The van der Waals surface area contributed by atoms with Gasteiger partial charge in [-0.3, -0.25) is 15.2 Å². The molecule has 0 aliphatic rings. The summed E-state index contributed by atoms with van der Waals surface area (Å²) in [4.78, 5) is 12.0. The van der Waals surface area contributed by atoms with E-state index in [2.05, 4.69) is 10.7 Å². The molecule has 2 N–H and O–H groups in total. The predicted molar refractivity (Wildman–Crippen MR) is 103 cm³/mol. The van der Waals surface area contributed by atoms with Crippen LogP contribution in [0.3, 0.4) is 0 Å². The second-order valence-corrected chi connectivity index (χ2v) is 6.04. The van der Waals surface area contributed by atoms with Crippen molar-refractivity contribution >= 4 is 23.2 Å². The van der Waals surface area contributed by atoms with Crippen LogP contribution in [0.25, 0.3) is 0 Å². The van der Waals surface area contributed by atoms with Gasteiger partial charge in [0, 0.05) is 13.6 Å². The van der Waals surface area contributed by atoms with Crippen molar-refractivity contribution in [2.75, 3.05) is 13.7 Å². The zero-order valence-electron chi connectivity index (χ0n) is 14.5. The molecule has 0 atom stereocenters. The SMILES string of the molecule is Cc1ccc(OCCC(=O)NN(C)C(=S)NCc2ccccc2)cc1. The number of rotatable bonds is 6. The first-order valence-corrected chi connectivity index (χ1v) is 8.50. The summed E-state index contributed by atoms with van der Waals surface area (Å²) in [6, 6.07) is 17.7. The first-order chi connectivity index (χ1) is 12.0. The van der Waals surface area contributed by atoms with E-state index in [9.17, 15) is 4.79 Å². The van der Waals surface area contributed by atoms with E-state index in [4.69, 9.17) is 17.0 Å². The van der Waals surface area contributed by atoms with Crippen LogP contribution in [0.15, 0.2) is 54.6 Å². The van der Waals surface area contributed by atoms with Crippen molar-refractivity contribution in [2.45, 2.75) is 19.9 Å². The van der Waals surface area contributed by atoms with Crippen LogP contribution in [0.4, 0.5) is 0 Å². The Hall–Kier alpha value is -2.60. The number of amides is 1. The molecule has 1 amide bonds. The van der Waals surface area contributed by atoms with E-state index in [0.29, 0.717) is 18.3 Å². The number of nitrogens with one attached hydrogen (secondary N) is 2. The molecular weight excluding hydrogens is 334 g/mol. The van der Waals surface area contributed by atoms with Gasteiger partial charge in [-0.25, -0.2) is 0 Å². The number of nitrogens with zero attached hydrogens (tertiary/aromatic N) is 1. The molecule has 0 radical (unpaired) electrons. The van der Waals surface area contributed by atoms with Crippen LogP contribution in [0.5, 0.6) is 5.75 Å². The summed E-state index contributed by atoms with van der Waals surface area (Å²) < 4.78 is 5.55. The predicted octanol–water partition coefficient (Wildman–Crippen LogP) is 2.80. The smallest absolute Gasteiger partial charge is 0.241 e. The van der Waals surface area contributed by atoms with Gasteiger partial charge < -0.3 is 10.1 Å². The second-order valence-electron chi connectivity index (χ2n) is 5.65. The molecule has 2 aromatic rings. The first-order valence-electron chi connectivity index (χ1n) is 8.09. The highest BCUT2D eigenvalue weighted by Crippen LogP contribution is 2.11. The van der Waals surface area contributed by atoms with Crippen LogP contribution in [-0.2, 0) is 11.3 Å². The van der Waals surface area contributed by atoms with Crippen LogP contribution in [0, 0.1) is 6.92 Å². The average molecular weight is 357 g/mol. The maximum Gasteiger partial charge on any atom is 0.241 e. The Bertz CT molecular complexity index is 690. The number of benzene rings is 2. The highest BCUT2D eigenvalue weighted by Gasteiger charge is 2.08. The number of thiocarbonyl (C=S) groups is 1. The monoisotopic (exact) mass is 357 g/mol. The van der Waals surface area contributed by atoms with Crippen LogP contribution >= 0.6 is 12.2 Å². The van der Waals surface area contributed by atoms with Crippen molar-refractivity contribution in [1.82, 2.24) is 15.8 Å². The largest absolute Gasteiger partial charge is 0.493 e. The van der Waals surface area contributed by atoms with Gasteiger partial charge in [-0.15, -0.1) is 0 Å². The lowest BCUT2D eigenvalue weighted by molar-refractivity contribution is -0.124. The molecule has 5 nitrogen and oxygen atoms in total. The number of hydrogen-bond donors (Lipinski definition) is 2. The Morgan fingerprint density at radius 3 is 2.48 bits per heavy atom. The lowest BCUT2D eigenvalue weighted by Crippen LogP contribution is -2.48. The molecule has 132 valence electrons. The standard InChI is InChI=1S/C19H23N3O2S/c1-15-8-10-17(11-9-15)24-13-12-18(23)21-22(2)19(25)20-14-16-6-4-3-5-7-16/h3-11H,12-14H2,1-2H3,(H,20,25)(H,21,23). The molecule has 0 unspecified atom stereocenters. The van der Waals surface area contributed by atoms with Gasteiger partial charge >= 0.3 is 0 Å². The molecule has 0 aliphatic carbocycles. The van der Waals surface area contributed by atoms with Gasteiger partial charge in [0.25, 0.3) is 0 Å². The van der Waals surface area contributed by atoms with E-state index < -0.39 is 0 Å². The van der Waals surface area contributed by atoms with Gasteiger partial charge in [-0.05, 0) is 36.8 Å². The number of ether oxygens (including phenoxy) is 1. The summed E-state index contributed by atoms with van der Waals surface area (Å²) in [5.41, 5.74) is 5.01. The summed E-state index contributed by atoms with van der Waals surface area (Å²) in [5, 5.41) is 5.06. The van der Waals surface area contributed by atoms with Crippen molar-refractivity contribution in [2.24, 2.45) is 0 Å². The molecule has 2 rings (SSSR count). The first kappa shape index (κ1) is 18.7. The number of hydrazine groups is 1. The molecule has 25 heavy (non-hydrogen) atoms. The summed E-state index contributed by atoms with van der Waals surface area (Å²) in [6.07, 6.45) is 0.250. The van der Waals surface area contributed by atoms with Crippen molar-refractivity contribution in [1.29, 1.82) is 0 Å². The molecule has 0 spiro atoms. The van der Waals surface area contributed by atoms with Crippen molar-refractivity contribution in [3.63, 3.8) is 0 Å². The summed E-state index contributed by atoms with van der Waals surface area (Å²) in [6.45, 7) is 2.94. The van der Waals surface area contributed by atoms with Crippen molar-refractivity contribution in [3.8, 4) is 5.75 Å². The number of aryl methyl sites for hydroxylation is 1. The molecule has 0 aromatic heterocycles. The minimum absolute atomic E-state index is 0.154. The molecule has 0 heterocycles. The normalized spacial score (nSPS) is 10.0. The maximum absolute atomic E-state index is 12.0. The summed E-state index contributed by atoms with van der Waals surface area (Å²) >= 11 is 5.26. The Morgan fingerprint density at radius 2 is 1.80 bits per heavy atom. The van der Waals surface area contributed by atoms with Gasteiger partial charge in [0.15, 0.2) is 5.11 Å². The topological polar surface area (TPSA) is 53.6 Å². The molecule has 0 aliphatic heterocycles. The lowest BCUT2D eigenvalue weighted by atomic mass is 10.2. The molecule has 0 fully saturated rings. The fraction of sp³-hybridized carbons (Fsp3) is 0.263. The van der Waals surface area contributed by atoms with E-state index in [1.54, 1.807) is 7.05 Å². The Balaban J connectivity index is 1.66. The van der Waals surface area contributed by atoms with Crippen LogP contribution in [0.1, 0.15) is 17.5 Å². The molecular formula is C19H23N3O2S. The fourth-order valence-electron chi connectivity index (χ4n) is 2.08. The van der Waals surface area contributed by atoms with E-state index in [1.807, 2.05) is 61.5 Å². The molecule has 0 saturated heterocycles. The summed E-state index contributed by atoms with van der Waals surface area (Å²) in [7, 11) is 1.71. The number of carbonyl (C=O) groups is 1. The van der Waals surface area contributed by atoms with E-state index in [-0.39, 0.29) is 12.3 Å². The van der Waals surface area contributed by atoms with E-state index in [0.717, 1.165) is 11.3 Å². The average Bonchev–Trinajstić information content (AvgIpc) is 2.62. The van der Waals surface area contributed by atoms with Crippen LogP contribution < -0.4 is 15.5 Å². The van der Waals surface area contributed by atoms with E-state index in [1.165, 1.54) is 10.6 Å². The molecule has 0 saturated carbocycles. The van der Waals surface area contributed by atoms with Gasteiger partial charge in [0.1, 0.15) is 5.75 Å². The molecule has 2 aromatic carbocycles. The van der Waals surface area contributed by atoms with Crippen LogP contribution in [-0.4, -0.2) is 29.7 Å². The minimum atomic E-state index is -0.154. The van der Waals surface area contributed by atoms with E-state index >= 15 is 0 Å². The third-order valence-corrected chi connectivity index (χ3v) is 3.92. The Labute approximate surface area is 154 Å². The number of carbonyl (C=O) groups excluding carboxylic acids is 1. The van der Waals surface area contributed by atoms with Crippen molar-refractivity contribution < 1.29 is 9.53 Å². The Kier molecular flexibility index (Phi) is 7.22. The number of hydrogen-bond acceptors (Lipinski definition) is 3.